The van der Waals surface area contributed by atoms with Crippen molar-refractivity contribution in [3.8, 4) is 12.3 Å². The summed E-state index contributed by atoms with van der Waals surface area (Å²) >= 11 is 5.71. The minimum Gasteiger partial charge on any atom is -0.270 e. The monoisotopic (exact) mass is 216 g/mol. The summed E-state index contributed by atoms with van der Waals surface area (Å²) in [5, 5.41) is 0. The van der Waals surface area contributed by atoms with Crippen LogP contribution in [-0.2, 0) is 11.8 Å². The zero-order valence-electron chi connectivity index (χ0n) is 8.53. The molecule has 4 heteroatoms. The Balaban J connectivity index is 2.89. The molecule has 0 bridgehead atoms. The Morgan fingerprint density at radius 3 is 2.69 bits per heavy atom. The van der Waals surface area contributed by atoms with Crippen LogP contribution in [0.5, 0.6) is 0 Å². The van der Waals surface area contributed by atoms with Crippen LogP contribution in [0.4, 0.5) is 0 Å². The van der Waals surface area contributed by atoms with Crippen LogP contribution in [0.25, 0.3) is 0 Å². The molecule has 0 radical (unpaired) electrons. The zero-order valence-corrected chi connectivity index (χ0v) is 10.2. The summed E-state index contributed by atoms with van der Waals surface area (Å²) in [6.07, 6.45) is 7.39. The number of nitrogens with zero attached hydrogens (tertiary/aromatic N) is 2. The molecule has 1 fully saturated rings. The summed E-state index contributed by atoms with van der Waals surface area (Å²) < 4.78 is 4.43. The van der Waals surface area contributed by atoms with Crippen molar-refractivity contribution in [1.82, 2.24) is 9.34 Å². The third-order valence-corrected chi connectivity index (χ3v) is 8.40. The van der Waals surface area contributed by atoms with Gasteiger partial charge in [0.05, 0.1) is 12.4 Å². The molecule has 1 heterocycles. The van der Waals surface area contributed by atoms with E-state index in [0.29, 0.717) is 0 Å². The van der Waals surface area contributed by atoms with Crippen LogP contribution >= 0.6 is 6.34 Å². The molecule has 0 aromatic heterocycles. The summed E-state index contributed by atoms with van der Waals surface area (Å²) in [4.78, 5) is 0. The van der Waals surface area contributed by atoms with E-state index in [1.807, 2.05) is 0 Å². The summed E-state index contributed by atoms with van der Waals surface area (Å²) in [7, 11) is 6.21. The maximum atomic E-state index is 5.71. The van der Waals surface area contributed by atoms with Crippen LogP contribution in [0, 0.1) is 12.3 Å². The highest BCUT2D eigenvalue weighted by atomic mass is 32.4. The summed E-state index contributed by atoms with van der Waals surface area (Å²) in [6.45, 7) is 0. The molecule has 2 nitrogen and oxygen atoms in total. The van der Waals surface area contributed by atoms with E-state index in [1.165, 1.54) is 6.42 Å². The molecular formula is C9H17N2PS. The van der Waals surface area contributed by atoms with E-state index in [9.17, 15) is 0 Å². The fraction of sp³-hybridized carbons (Fsp3) is 0.778. The van der Waals surface area contributed by atoms with Gasteiger partial charge in [-0.15, -0.1) is 6.42 Å². The maximum Gasteiger partial charge on any atom is 0.0778 e. The Morgan fingerprint density at radius 2 is 2.23 bits per heavy atom. The van der Waals surface area contributed by atoms with E-state index in [-0.39, 0.29) is 6.04 Å². The van der Waals surface area contributed by atoms with Gasteiger partial charge in [-0.2, -0.15) is 0 Å². The second-order valence-electron chi connectivity index (χ2n) is 3.63. The molecule has 0 spiro atoms. The van der Waals surface area contributed by atoms with Crippen molar-refractivity contribution in [2.45, 2.75) is 18.9 Å². The number of rotatable bonds is 1. The van der Waals surface area contributed by atoms with Crippen LogP contribution in [0.3, 0.4) is 0 Å². The van der Waals surface area contributed by atoms with E-state index >= 15 is 0 Å². The van der Waals surface area contributed by atoms with E-state index < -0.39 is 6.34 Å². The Bertz CT molecular complexity index is 269. The van der Waals surface area contributed by atoms with Gasteiger partial charge in [0.1, 0.15) is 0 Å². The predicted octanol–water partition coefficient (Wildman–Crippen LogP) is 1.58. The molecule has 1 aliphatic rings. The van der Waals surface area contributed by atoms with E-state index in [0.717, 1.165) is 12.6 Å². The van der Waals surface area contributed by atoms with Gasteiger partial charge in [0, 0.05) is 6.16 Å². The first-order valence-electron chi connectivity index (χ1n) is 4.48. The molecule has 13 heavy (non-hydrogen) atoms. The van der Waals surface area contributed by atoms with Crippen molar-refractivity contribution in [3.63, 3.8) is 0 Å². The van der Waals surface area contributed by atoms with E-state index in [4.69, 9.17) is 18.2 Å². The number of hydrogen-bond acceptors (Lipinski definition) is 1. The smallest absolute Gasteiger partial charge is 0.0778 e. The molecule has 74 valence electrons. The van der Waals surface area contributed by atoms with Gasteiger partial charge in [-0.05, 0) is 34.0 Å². The third kappa shape index (κ3) is 1.97. The van der Waals surface area contributed by atoms with Crippen molar-refractivity contribution < 1.29 is 0 Å². The minimum absolute atomic E-state index is 0.252. The normalized spacial score (nSPS) is 36.1. The zero-order chi connectivity index (χ0) is 10.1. The lowest BCUT2D eigenvalue weighted by atomic mass is 10.2. The fourth-order valence-electron chi connectivity index (χ4n) is 1.73. The van der Waals surface area contributed by atoms with Gasteiger partial charge in [-0.1, -0.05) is 17.7 Å². The SMILES string of the molecule is C#CC1CCCP(=S)(N(C)C)N1C. The van der Waals surface area contributed by atoms with Crippen molar-refractivity contribution >= 4 is 18.1 Å². The summed E-state index contributed by atoms with van der Waals surface area (Å²) in [6, 6.07) is 0.252. The first-order valence-corrected chi connectivity index (χ1v) is 7.38. The van der Waals surface area contributed by atoms with Crippen molar-refractivity contribution in [2.24, 2.45) is 0 Å². The molecule has 1 rings (SSSR count). The van der Waals surface area contributed by atoms with Gasteiger partial charge < -0.3 is 0 Å². The van der Waals surface area contributed by atoms with Gasteiger partial charge in [-0.25, -0.2) is 0 Å². The quantitative estimate of drug-likeness (QED) is 0.485. The van der Waals surface area contributed by atoms with Crippen LogP contribution in [0.15, 0.2) is 0 Å². The molecule has 2 atom stereocenters. The molecule has 0 amide bonds. The van der Waals surface area contributed by atoms with Gasteiger partial charge >= 0.3 is 0 Å². The molecule has 0 aliphatic carbocycles. The van der Waals surface area contributed by atoms with Crippen LogP contribution in [-0.4, -0.2) is 42.7 Å². The summed E-state index contributed by atoms with van der Waals surface area (Å²) in [5.74, 6) is 2.82. The Hall–Kier alpha value is 0.130. The lowest BCUT2D eigenvalue weighted by Gasteiger charge is -2.43. The van der Waals surface area contributed by atoms with E-state index in [1.54, 1.807) is 0 Å². The fourth-order valence-corrected chi connectivity index (χ4v) is 4.95. The molecule has 0 aromatic carbocycles. The molecular weight excluding hydrogens is 199 g/mol. The maximum absolute atomic E-state index is 5.71. The van der Waals surface area contributed by atoms with Crippen molar-refractivity contribution in [3.05, 3.63) is 0 Å². The Labute approximate surface area is 86.4 Å². The highest BCUT2D eigenvalue weighted by molar-refractivity contribution is 8.12. The molecule has 1 saturated heterocycles. The highest BCUT2D eigenvalue weighted by Crippen LogP contribution is 2.55. The Kier molecular flexibility index (Phi) is 3.54. The second kappa shape index (κ2) is 4.11. The minimum atomic E-state index is -1.49. The lowest BCUT2D eigenvalue weighted by Crippen LogP contribution is -2.37. The van der Waals surface area contributed by atoms with Gasteiger partial charge in [0.15, 0.2) is 0 Å². The second-order valence-corrected chi connectivity index (χ2v) is 8.60. The Morgan fingerprint density at radius 1 is 1.62 bits per heavy atom. The van der Waals surface area contributed by atoms with E-state index in [2.05, 4.69) is 36.4 Å². The molecule has 0 saturated carbocycles. The highest BCUT2D eigenvalue weighted by Gasteiger charge is 2.33. The van der Waals surface area contributed by atoms with Crippen molar-refractivity contribution in [2.75, 3.05) is 27.3 Å². The summed E-state index contributed by atoms with van der Waals surface area (Å²) in [5.41, 5.74) is 0. The van der Waals surface area contributed by atoms with Crippen LogP contribution in [0.1, 0.15) is 12.8 Å². The average molecular weight is 216 g/mol. The van der Waals surface area contributed by atoms with Gasteiger partial charge in [-0.3, -0.25) is 9.34 Å². The first-order chi connectivity index (χ1) is 6.02. The van der Waals surface area contributed by atoms with Crippen molar-refractivity contribution in [1.29, 1.82) is 0 Å². The average Bonchev–Trinajstić information content (AvgIpc) is 2.09. The molecule has 1 aliphatic heterocycles. The first kappa shape index (κ1) is 11.2. The van der Waals surface area contributed by atoms with Gasteiger partial charge in [0.2, 0.25) is 0 Å². The van der Waals surface area contributed by atoms with Crippen LogP contribution < -0.4 is 0 Å². The number of terminal acetylenes is 1. The largest absolute Gasteiger partial charge is 0.270 e. The standard InChI is InChI=1S/C9H17N2PS/c1-5-9-7-6-8-12(13,10(2)3)11(9)4/h1,9H,6-8H2,2-4H3. The topological polar surface area (TPSA) is 6.48 Å². The lowest BCUT2D eigenvalue weighted by molar-refractivity contribution is 0.394. The third-order valence-electron chi connectivity index (χ3n) is 2.69. The van der Waals surface area contributed by atoms with Crippen LogP contribution in [0.2, 0.25) is 0 Å². The molecule has 0 N–H and O–H groups in total. The molecule has 0 aromatic rings. The van der Waals surface area contributed by atoms with Gasteiger partial charge in [0.25, 0.3) is 0 Å². The molecule has 2 unspecified atom stereocenters. The number of hydrogen-bond donors (Lipinski definition) is 0. The predicted molar refractivity (Wildman–Crippen MR) is 62.5 cm³/mol.